The van der Waals surface area contributed by atoms with Crippen LogP contribution in [0.15, 0.2) is 34.7 Å². The minimum absolute atomic E-state index is 0.164. The molecule has 1 aromatic heterocycles. The van der Waals surface area contributed by atoms with Gasteiger partial charge in [0.1, 0.15) is 0 Å². The fraction of sp³-hybridized carbons (Fsp3) is 0.200. The van der Waals surface area contributed by atoms with Crippen LogP contribution in [-0.4, -0.2) is 23.5 Å². The number of halogens is 1. The molecular formula is C15H12ClNO4. The summed E-state index contributed by atoms with van der Waals surface area (Å²) in [5, 5.41) is 9.20. The molecule has 108 valence electrons. The first kappa shape index (κ1) is 13.7. The van der Waals surface area contributed by atoms with Crippen molar-refractivity contribution >= 4 is 29.2 Å². The molecule has 5 nitrogen and oxygen atoms in total. The molecule has 0 saturated heterocycles. The Hall–Kier alpha value is -2.27. The largest absolute Gasteiger partial charge is 0.478 e. The van der Waals surface area contributed by atoms with Crippen LogP contribution in [0, 0.1) is 0 Å². The van der Waals surface area contributed by atoms with Crippen molar-refractivity contribution in [1.82, 2.24) is 0 Å². The van der Waals surface area contributed by atoms with E-state index in [1.54, 1.807) is 17.0 Å². The van der Waals surface area contributed by atoms with Crippen molar-refractivity contribution in [3.8, 4) is 0 Å². The number of hydrogen-bond donors (Lipinski definition) is 1. The van der Waals surface area contributed by atoms with E-state index in [-0.39, 0.29) is 22.5 Å². The predicted molar refractivity (Wildman–Crippen MR) is 77.1 cm³/mol. The molecular weight excluding hydrogens is 294 g/mol. The SMILES string of the molecule is O=C(O)c1ccc2c(c1)CCCN2C(=O)c1ccc(Cl)o1. The van der Waals surface area contributed by atoms with E-state index in [1.165, 1.54) is 18.2 Å². The van der Waals surface area contributed by atoms with Crippen molar-refractivity contribution in [3.05, 3.63) is 52.4 Å². The highest BCUT2D eigenvalue weighted by molar-refractivity contribution is 6.29. The normalized spacial score (nSPS) is 13.9. The van der Waals surface area contributed by atoms with Gasteiger partial charge in [0.05, 0.1) is 5.56 Å². The Morgan fingerprint density at radius 2 is 2.05 bits per heavy atom. The molecule has 0 aliphatic carbocycles. The van der Waals surface area contributed by atoms with E-state index in [0.717, 1.165) is 24.1 Å². The van der Waals surface area contributed by atoms with Crippen molar-refractivity contribution in [2.75, 3.05) is 11.4 Å². The maximum atomic E-state index is 12.5. The molecule has 0 unspecified atom stereocenters. The smallest absolute Gasteiger partial charge is 0.335 e. The Kier molecular flexibility index (Phi) is 3.43. The van der Waals surface area contributed by atoms with Gasteiger partial charge in [0.15, 0.2) is 11.0 Å². The first-order valence-corrected chi connectivity index (χ1v) is 6.87. The van der Waals surface area contributed by atoms with Crippen molar-refractivity contribution < 1.29 is 19.1 Å². The van der Waals surface area contributed by atoms with E-state index in [1.807, 2.05) is 0 Å². The van der Waals surface area contributed by atoms with Crippen LogP contribution >= 0.6 is 11.6 Å². The second-order valence-corrected chi connectivity index (χ2v) is 5.19. The number of amides is 1. The highest BCUT2D eigenvalue weighted by Crippen LogP contribution is 2.30. The molecule has 0 radical (unpaired) electrons. The van der Waals surface area contributed by atoms with Crippen LogP contribution in [0.5, 0.6) is 0 Å². The van der Waals surface area contributed by atoms with Crippen molar-refractivity contribution in [2.45, 2.75) is 12.8 Å². The zero-order chi connectivity index (χ0) is 15.0. The number of carboxylic acids is 1. The molecule has 0 saturated carbocycles. The van der Waals surface area contributed by atoms with Crippen LogP contribution in [0.3, 0.4) is 0 Å². The molecule has 0 spiro atoms. The fourth-order valence-corrected chi connectivity index (χ4v) is 2.65. The zero-order valence-corrected chi connectivity index (χ0v) is 11.8. The lowest BCUT2D eigenvalue weighted by molar-refractivity contribution is 0.0696. The summed E-state index contributed by atoms with van der Waals surface area (Å²) >= 11 is 5.70. The minimum Gasteiger partial charge on any atom is -0.478 e. The van der Waals surface area contributed by atoms with Gasteiger partial charge in [0.25, 0.3) is 5.91 Å². The van der Waals surface area contributed by atoms with Gasteiger partial charge in [-0.3, -0.25) is 4.79 Å². The molecule has 1 aliphatic rings. The second-order valence-electron chi connectivity index (χ2n) is 4.81. The molecule has 0 bridgehead atoms. The molecule has 21 heavy (non-hydrogen) atoms. The number of benzene rings is 1. The molecule has 1 aromatic carbocycles. The van der Waals surface area contributed by atoms with Gasteiger partial charge in [-0.05, 0) is 60.3 Å². The summed E-state index contributed by atoms with van der Waals surface area (Å²) in [7, 11) is 0. The topological polar surface area (TPSA) is 70.8 Å². The number of hydrogen-bond acceptors (Lipinski definition) is 3. The van der Waals surface area contributed by atoms with Gasteiger partial charge in [0, 0.05) is 12.2 Å². The van der Waals surface area contributed by atoms with Crippen LogP contribution < -0.4 is 4.90 Å². The van der Waals surface area contributed by atoms with Gasteiger partial charge in [-0.25, -0.2) is 4.79 Å². The van der Waals surface area contributed by atoms with E-state index >= 15 is 0 Å². The number of aryl methyl sites for hydroxylation is 1. The van der Waals surface area contributed by atoms with Crippen LogP contribution in [0.2, 0.25) is 5.22 Å². The minimum atomic E-state index is -0.973. The lowest BCUT2D eigenvalue weighted by Gasteiger charge is -2.29. The van der Waals surface area contributed by atoms with E-state index in [0.29, 0.717) is 6.54 Å². The average Bonchev–Trinajstić information content (AvgIpc) is 2.91. The average molecular weight is 306 g/mol. The van der Waals surface area contributed by atoms with E-state index in [9.17, 15) is 9.59 Å². The molecule has 3 rings (SSSR count). The molecule has 1 N–H and O–H groups in total. The van der Waals surface area contributed by atoms with Gasteiger partial charge in [0.2, 0.25) is 0 Å². The molecule has 0 atom stereocenters. The maximum absolute atomic E-state index is 12.5. The molecule has 6 heteroatoms. The predicted octanol–water partition coefficient (Wildman–Crippen LogP) is 3.22. The summed E-state index contributed by atoms with van der Waals surface area (Å²) in [5.41, 5.74) is 1.81. The van der Waals surface area contributed by atoms with Gasteiger partial charge >= 0.3 is 5.97 Å². The number of carbonyl (C=O) groups is 2. The third-order valence-electron chi connectivity index (χ3n) is 3.47. The van der Waals surface area contributed by atoms with Gasteiger partial charge < -0.3 is 14.4 Å². The maximum Gasteiger partial charge on any atom is 0.335 e. The summed E-state index contributed by atoms with van der Waals surface area (Å²) < 4.78 is 5.16. The number of nitrogens with zero attached hydrogens (tertiary/aromatic N) is 1. The summed E-state index contributed by atoms with van der Waals surface area (Å²) in [6.45, 7) is 0.566. The summed E-state index contributed by atoms with van der Waals surface area (Å²) in [4.78, 5) is 25.1. The van der Waals surface area contributed by atoms with Crippen LogP contribution in [0.25, 0.3) is 0 Å². The van der Waals surface area contributed by atoms with Crippen LogP contribution in [0.1, 0.15) is 32.9 Å². The van der Waals surface area contributed by atoms with Crippen molar-refractivity contribution in [3.63, 3.8) is 0 Å². The number of aromatic carboxylic acids is 1. The van der Waals surface area contributed by atoms with E-state index in [4.69, 9.17) is 21.1 Å². The Bertz CT molecular complexity index is 722. The highest BCUT2D eigenvalue weighted by Gasteiger charge is 2.26. The number of anilines is 1. The fourth-order valence-electron chi connectivity index (χ4n) is 2.50. The monoisotopic (exact) mass is 305 g/mol. The number of carboxylic acid groups (broad SMARTS) is 1. The zero-order valence-electron chi connectivity index (χ0n) is 11.0. The highest BCUT2D eigenvalue weighted by atomic mass is 35.5. The Labute approximate surface area is 125 Å². The third kappa shape index (κ3) is 2.52. The lowest BCUT2D eigenvalue weighted by atomic mass is 9.99. The standard InChI is InChI=1S/C15H12ClNO4/c16-13-6-5-12(21-13)14(18)17-7-1-2-9-8-10(15(19)20)3-4-11(9)17/h3-6,8H,1-2,7H2,(H,19,20). The van der Waals surface area contributed by atoms with Gasteiger partial charge in [-0.15, -0.1) is 0 Å². The quantitative estimate of drug-likeness (QED) is 0.924. The van der Waals surface area contributed by atoms with Gasteiger partial charge in [-0.1, -0.05) is 0 Å². The Balaban J connectivity index is 1.97. The summed E-state index contributed by atoms with van der Waals surface area (Å²) in [5.74, 6) is -1.07. The lowest BCUT2D eigenvalue weighted by Crippen LogP contribution is -2.35. The molecule has 1 amide bonds. The van der Waals surface area contributed by atoms with Crippen LogP contribution in [-0.2, 0) is 6.42 Å². The molecule has 2 heterocycles. The first-order valence-electron chi connectivity index (χ1n) is 6.49. The number of carbonyl (C=O) groups excluding carboxylic acids is 1. The summed E-state index contributed by atoms with van der Waals surface area (Å²) in [6, 6.07) is 7.84. The Morgan fingerprint density at radius 1 is 1.24 bits per heavy atom. The van der Waals surface area contributed by atoms with Crippen molar-refractivity contribution in [2.24, 2.45) is 0 Å². The van der Waals surface area contributed by atoms with E-state index < -0.39 is 5.97 Å². The number of fused-ring (bicyclic) bond motifs is 1. The number of rotatable bonds is 2. The van der Waals surface area contributed by atoms with Crippen molar-refractivity contribution in [1.29, 1.82) is 0 Å². The second kappa shape index (κ2) is 5.26. The van der Waals surface area contributed by atoms with Crippen LogP contribution in [0.4, 0.5) is 5.69 Å². The first-order chi connectivity index (χ1) is 10.1. The third-order valence-corrected chi connectivity index (χ3v) is 3.68. The van der Waals surface area contributed by atoms with E-state index in [2.05, 4.69) is 0 Å². The molecule has 1 aliphatic heterocycles. The molecule has 2 aromatic rings. The van der Waals surface area contributed by atoms with Gasteiger partial charge in [-0.2, -0.15) is 0 Å². The summed E-state index contributed by atoms with van der Waals surface area (Å²) in [6.07, 6.45) is 1.52. The Morgan fingerprint density at radius 3 is 2.71 bits per heavy atom. The number of furan rings is 1. The molecule has 0 fully saturated rings.